The van der Waals surface area contributed by atoms with Crippen LogP contribution in [0.5, 0.6) is 0 Å². The number of fused-ring (bicyclic) bond motifs is 1. The van der Waals surface area contributed by atoms with E-state index in [1.807, 2.05) is 6.07 Å². The lowest BCUT2D eigenvalue weighted by atomic mass is 9.98. The molecule has 1 unspecified atom stereocenters. The summed E-state index contributed by atoms with van der Waals surface area (Å²) in [6.07, 6.45) is 0.984. The maximum atomic E-state index is 13.7. The molecule has 1 atom stereocenters. The van der Waals surface area contributed by atoms with Gasteiger partial charge in [-0.2, -0.15) is 0 Å². The van der Waals surface area contributed by atoms with Crippen LogP contribution in [0.1, 0.15) is 23.5 Å². The van der Waals surface area contributed by atoms with Crippen molar-refractivity contribution in [2.45, 2.75) is 18.9 Å². The van der Waals surface area contributed by atoms with Gasteiger partial charge in [0, 0.05) is 24.7 Å². The van der Waals surface area contributed by atoms with Crippen LogP contribution < -0.4 is 10.6 Å². The first-order valence-corrected chi connectivity index (χ1v) is 7.97. The van der Waals surface area contributed by atoms with E-state index in [4.69, 9.17) is 5.73 Å². The molecule has 2 aromatic carbocycles. The number of rotatable bonds is 4. The Bertz CT molecular complexity index is 644. The van der Waals surface area contributed by atoms with E-state index < -0.39 is 0 Å². The lowest BCUT2D eigenvalue weighted by Crippen LogP contribution is -2.22. The Morgan fingerprint density at radius 3 is 2.81 bits per heavy atom. The fourth-order valence-corrected chi connectivity index (χ4v) is 3.45. The fourth-order valence-electron chi connectivity index (χ4n) is 3.06. The quantitative estimate of drug-likeness (QED) is 0.903. The van der Waals surface area contributed by atoms with E-state index in [1.165, 1.54) is 17.3 Å². The second-order valence-corrected chi connectivity index (χ2v) is 6.22. The molecule has 1 aliphatic rings. The number of anilines is 1. The molecule has 0 saturated carbocycles. The summed E-state index contributed by atoms with van der Waals surface area (Å²) in [6.45, 7) is 2.34. The van der Waals surface area contributed by atoms with Gasteiger partial charge < -0.3 is 10.6 Å². The second kappa shape index (κ2) is 6.16. The van der Waals surface area contributed by atoms with Crippen molar-refractivity contribution in [2.75, 3.05) is 18.0 Å². The maximum absolute atomic E-state index is 13.7. The lowest BCUT2D eigenvalue weighted by Gasteiger charge is -2.21. The normalized spacial score (nSPS) is 17.1. The molecule has 1 heterocycles. The molecule has 21 heavy (non-hydrogen) atoms. The predicted octanol–water partition coefficient (Wildman–Crippen LogP) is 4.04. The topological polar surface area (TPSA) is 29.3 Å². The summed E-state index contributed by atoms with van der Waals surface area (Å²) in [4.78, 5) is 2.31. The summed E-state index contributed by atoms with van der Waals surface area (Å²) in [6, 6.07) is 13.6. The zero-order chi connectivity index (χ0) is 14.8. The average molecular weight is 349 g/mol. The van der Waals surface area contributed by atoms with Gasteiger partial charge in [-0.3, -0.25) is 0 Å². The predicted molar refractivity (Wildman–Crippen MR) is 88.0 cm³/mol. The molecule has 110 valence electrons. The van der Waals surface area contributed by atoms with Crippen molar-refractivity contribution < 1.29 is 4.39 Å². The number of benzene rings is 2. The lowest BCUT2D eigenvalue weighted by molar-refractivity contribution is 0.614. The minimum Gasteiger partial charge on any atom is -0.366 e. The highest BCUT2D eigenvalue weighted by Gasteiger charge is 2.27. The van der Waals surface area contributed by atoms with Gasteiger partial charge in [0.05, 0.1) is 4.47 Å². The number of nitrogens with two attached hydrogens (primary N) is 1. The molecule has 0 fully saturated rings. The van der Waals surface area contributed by atoms with E-state index in [9.17, 15) is 4.39 Å². The van der Waals surface area contributed by atoms with Gasteiger partial charge in [0.25, 0.3) is 0 Å². The largest absolute Gasteiger partial charge is 0.366 e. The third-order valence-corrected chi connectivity index (χ3v) is 4.95. The monoisotopic (exact) mass is 348 g/mol. The molecule has 0 spiro atoms. The van der Waals surface area contributed by atoms with E-state index >= 15 is 0 Å². The van der Waals surface area contributed by atoms with Crippen LogP contribution in [-0.4, -0.2) is 13.1 Å². The maximum Gasteiger partial charge on any atom is 0.137 e. The van der Waals surface area contributed by atoms with Gasteiger partial charge in [0.1, 0.15) is 5.82 Å². The first-order valence-electron chi connectivity index (χ1n) is 7.17. The average Bonchev–Trinajstić information content (AvgIpc) is 2.83. The smallest absolute Gasteiger partial charge is 0.137 e. The van der Waals surface area contributed by atoms with Crippen LogP contribution in [0.15, 0.2) is 46.9 Å². The Hall–Kier alpha value is -1.39. The third-order valence-electron chi connectivity index (χ3n) is 4.07. The molecule has 1 aliphatic heterocycles. The second-order valence-electron chi connectivity index (χ2n) is 5.43. The highest BCUT2D eigenvalue weighted by molar-refractivity contribution is 9.10. The summed E-state index contributed by atoms with van der Waals surface area (Å²) < 4.78 is 14.2. The summed E-state index contributed by atoms with van der Waals surface area (Å²) >= 11 is 3.35. The van der Waals surface area contributed by atoms with Crippen molar-refractivity contribution in [3.8, 4) is 0 Å². The minimum absolute atomic E-state index is 0.210. The van der Waals surface area contributed by atoms with Crippen molar-refractivity contribution in [1.29, 1.82) is 0 Å². The van der Waals surface area contributed by atoms with Crippen LogP contribution in [0.25, 0.3) is 0 Å². The van der Waals surface area contributed by atoms with E-state index in [0.29, 0.717) is 23.5 Å². The Balaban J connectivity index is 1.88. The molecule has 2 nitrogen and oxygen atoms in total. The van der Waals surface area contributed by atoms with Gasteiger partial charge in [-0.15, -0.1) is 0 Å². The zero-order valence-electron chi connectivity index (χ0n) is 11.7. The molecule has 3 rings (SSSR count). The number of para-hydroxylation sites is 1. The van der Waals surface area contributed by atoms with Crippen molar-refractivity contribution in [3.63, 3.8) is 0 Å². The van der Waals surface area contributed by atoms with Crippen LogP contribution >= 0.6 is 15.9 Å². The molecule has 0 radical (unpaired) electrons. The molecule has 4 heteroatoms. The highest BCUT2D eigenvalue weighted by Crippen LogP contribution is 2.39. The summed E-state index contributed by atoms with van der Waals surface area (Å²) in [5.74, 6) is 0.261. The van der Waals surface area contributed by atoms with Crippen molar-refractivity contribution in [2.24, 2.45) is 5.73 Å². The number of halogens is 2. The van der Waals surface area contributed by atoms with Gasteiger partial charge in [-0.05, 0) is 52.2 Å². The molecule has 0 aliphatic carbocycles. The van der Waals surface area contributed by atoms with Crippen molar-refractivity contribution in [3.05, 3.63) is 63.9 Å². The standard InChI is InChI=1S/C17H18BrFN2/c18-17-13(4-3-6-15(17)19)11-21-10-12(8-9-20)14-5-1-2-7-16(14)21/h1-7,12H,8-11,20H2. The fraction of sp³-hybridized carbons (Fsp3) is 0.294. The molecule has 0 amide bonds. The summed E-state index contributed by atoms with van der Waals surface area (Å²) in [5, 5.41) is 0. The summed E-state index contributed by atoms with van der Waals surface area (Å²) in [7, 11) is 0. The van der Waals surface area contributed by atoms with Crippen LogP contribution in [0.4, 0.5) is 10.1 Å². The number of hydrogen-bond acceptors (Lipinski definition) is 2. The molecular formula is C17H18BrFN2. The van der Waals surface area contributed by atoms with Crippen LogP contribution in [0.3, 0.4) is 0 Å². The van der Waals surface area contributed by atoms with Crippen LogP contribution in [-0.2, 0) is 6.54 Å². The van der Waals surface area contributed by atoms with Gasteiger partial charge in [0.2, 0.25) is 0 Å². The molecule has 2 N–H and O–H groups in total. The number of nitrogens with zero attached hydrogens (tertiary/aromatic N) is 1. The molecule has 0 saturated heterocycles. The third kappa shape index (κ3) is 2.83. The van der Waals surface area contributed by atoms with Gasteiger partial charge >= 0.3 is 0 Å². The molecular weight excluding hydrogens is 331 g/mol. The van der Waals surface area contributed by atoms with E-state index in [-0.39, 0.29) is 5.82 Å². The first-order chi connectivity index (χ1) is 10.2. The molecule has 0 bridgehead atoms. The van der Waals surface area contributed by atoms with Crippen molar-refractivity contribution >= 4 is 21.6 Å². The van der Waals surface area contributed by atoms with Gasteiger partial charge in [-0.1, -0.05) is 30.3 Å². The van der Waals surface area contributed by atoms with E-state index in [2.05, 4.69) is 45.1 Å². The SMILES string of the molecule is NCCC1CN(Cc2cccc(F)c2Br)c2ccccc21. The Labute approximate surface area is 132 Å². The first kappa shape index (κ1) is 14.5. The Morgan fingerprint density at radius 1 is 1.19 bits per heavy atom. The minimum atomic E-state index is -0.210. The van der Waals surface area contributed by atoms with E-state index in [0.717, 1.165) is 18.5 Å². The Morgan fingerprint density at radius 2 is 2.00 bits per heavy atom. The highest BCUT2D eigenvalue weighted by atomic mass is 79.9. The van der Waals surface area contributed by atoms with Gasteiger partial charge in [0.15, 0.2) is 0 Å². The Kier molecular flexibility index (Phi) is 4.27. The van der Waals surface area contributed by atoms with Crippen molar-refractivity contribution in [1.82, 2.24) is 0 Å². The van der Waals surface area contributed by atoms with E-state index in [1.54, 1.807) is 6.07 Å². The zero-order valence-corrected chi connectivity index (χ0v) is 13.3. The van der Waals surface area contributed by atoms with Crippen LogP contribution in [0, 0.1) is 5.82 Å². The van der Waals surface area contributed by atoms with Crippen LogP contribution in [0.2, 0.25) is 0 Å². The molecule has 2 aromatic rings. The molecule has 0 aromatic heterocycles. The summed E-state index contributed by atoms with van der Waals surface area (Å²) in [5.41, 5.74) is 9.30. The van der Waals surface area contributed by atoms with Gasteiger partial charge in [-0.25, -0.2) is 4.39 Å². The number of hydrogen-bond donors (Lipinski definition) is 1.